The number of nitrogens with one attached hydrogen (secondary N) is 1. The van der Waals surface area contributed by atoms with E-state index < -0.39 is 10.0 Å². The Labute approximate surface area is 178 Å². The highest BCUT2D eigenvalue weighted by Crippen LogP contribution is 2.22. The molecule has 1 aliphatic heterocycles. The lowest BCUT2D eigenvalue weighted by atomic mass is 10.1. The molecular weight excluding hydrogens is 430 g/mol. The van der Waals surface area contributed by atoms with Gasteiger partial charge in [0.15, 0.2) is 10.8 Å². The van der Waals surface area contributed by atoms with Crippen molar-refractivity contribution in [3.05, 3.63) is 58.8 Å². The van der Waals surface area contributed by atoms with Crippen molar-refractivity contribution in [1.29, 1.82) is 0 Å². The highest BCUT2D eigenvalue weighted by Gasteiger charge is 2.25. The largest absolute Gasteiger partial charge is 0.297 e. The average molecular weight is 450 g/mol. The van der Waals surface area contributed by atoms with Gasteiger partial charge < -0.3 is 0 Å². The molecule has 29 heavy (non-hydrogen) atoms. The molecule has 10 heteroatoms. The molecule has 3 heterocycles. The molecule has 0 bridgehead atoms. The first-order valence-electron chi connectivity index (χ1n) is 9.22. The first-order valence-corrected chi connectivity index (χ1v) is 12.0. The molecule has 1 N–H and O–H groups in total. The molecule has 1 aromatic carbocycles. The second-order valence-electron chi connectivity index (χ2n) is 6.84. The topological polar surface area (TPSA) is 88.1 Å². The van der Waals surface area contributed by atoms with E-state index >= 15 is 0 Å². The summed E-state index contributed by atoms with van der Waals surface area (Å²) >= 11 is 7.37. The van der Waals surface area contributed by atoms with Crippen molar-refractivity contribution in [3.63, 3.8) is 0 Å². The molecule has 1 saturated heterocycles. The summed E-state index contributed by atoms with van der Waals surface area (Å²) in [5.41, 5.74) is 0.984. The van der Waals surface area contributed by atoms with Crippen LogP contribution in [0.5, 0.6) is 0 Å². The van der Waals surface area contributed by atoms with Crippen LogP contribution < -0.4 is 4.72 Å². The lowest BCUT2D eigenvalue weighted by Gasteiger charge is -2.31. The van der Waals surface area contributed by atoms with E-state index in [0.29, 0.717) is 10.8 Å². The summed E-state index contributed by atoms with van der Waals surface area (Å²) in [6.45, 7) is 2.35. The maximum Gasteiger partial charge on any atom is 0.240 e. The van der Waals surface area contributed by atoms with Crippen molar-refractivity contribution in [2.45, 2.75) is 30.3 Å². The van der Waals surface area contributed by atoms with Gasteiger partial charge in [-0.25, -0.2) is 28.1 Å². The molecule has 2 aromatic heterocycles. The quantitative estimate of drug-likeness (QED) is 0.621. The number of thiazole rings is 1. The van der Waals surface area contributed by atoms with Crippen LogP contribution in [-0.4, -0.2) is 47.4 Å². The Kier molecular flexibility index (Phi) is 6.21. The SMILES string of the molecule is O=S(=O)(NC1CCN(Cc2csc(-c3ncccn3)n2)CC1)c1ccc(Cl)cc1. The molecule has 0 spiro atoms. The van der Waals surface area contributed by atoms with Crippen LogP contribution in [-0.2, 0) is 16.6 Å². The van der Waals surface area contributed by atoms with Crippen molar-refractivity contribution in [1.82, 2.24) is 24.6 Å². The van der Waals surface area contributed by atoms with Crippen molar-refractivity contribution < 1.29 is 8.42 Å². The normalized spacial score (nSPS) is 16.2. The second-order valence-corrected chi connectivity index (χ2v) is 9.85. The number of halogens is 1. The highest BCUT2D eigenvalue weighted by molar-refractivity contribution is 7.89. The van der Waals surface area contributed by atoms with Gasteiger partial charge in [-0.15, -0.1) is 11.3 Å². The Hall–Kier alpha value is -1.91. The van der Waals surface area contributed by atoms with Gasteiger partial charge in [0.25, 0.3) is 0 Å². The van der Waals surface area contributed by atoms with Crippen LogP contribution in [0.2, 0.25) is 5.02 Å². The van der Waals surface area contributed by atoms with E-state index in [1.807, 2.05) is 5.38 Å². The van der Waals surface area contributed by atoms with Crippen LogP contribution in [0.4, 0.5) is 0 Å². The summed E-state index contributed by atoms with van der Waals surface area (Å²) in [6.07, 6.45) is 4.93. The molecule has 1 fully saturated rings. The standard InChI is InChI=1S/C19H20ClN5O2S2/c20-14-2-4-17(5-3-14)29(26,27)24-15-6-10-25(11-7-15)12-16-13-28-19(23-16)18-21-8-1-9-22-18/h1-5,8-9,13,15,24H,6-7,10-12H2. The molecule has 0 atom stereocenters. The van der Waals surface area contributed by atoms with Crippen LogP contribution in [0.1, 0.15) is 18.5 Å². The first-order chi connectivity index (χ1) is 14.0. The first kappa shape index (κ1) is 20.4. The molecule has 0 aliphatic carbocycles. The molecule has 3 aromatic rings. The fourth-order valence-corrected chi connectivity index (χ4v) is 5.42. The Balaban J connectivity index is 1.31. The number of likely N-dealkylation sites (tertiary alicyclic amines) is 1. The van der Waals surface area contributed by atoms with Crippen LogP contribution in [0.3, 0.4) is 0 Å². The Morgan fingerprint density at radius 3 is 2.52 bits per heavy atom. The van der Waals surface area contributed by atoms with Gasteiger partial charge >= 0.3 is 0 Å². The summed E-state index contributed by atoms with van der Waals surface area (Å²) in [6, 6.07) is 7.92. The molecule has 7 nitrogen and oxygen atoms in total. The molecule has 4 rings (SSSR count). The second kappa shape index (κ2) is 8.85. The van der Waals surface area contributed by atoms with Gasteiger partial charge in [-0.05, 0) is 43.2 Å². The highest BCUT2D eigenvalue weighted by atomic mass is 35.5. The maximum atomic E-state index is 12.5. The summed E-state index contributed by atoms with van der Waals surface area (Å²) in [7, 11) is -3.53. The predicted molar refractivity (Wildman–Crippen MR) is 113 cm³/mol. The van der Waals surface area contributed by atoms with Crippen molar-refractivity contribution >= 4 is 33.0 Å². The van der Waals surface area contributed by atoms with E-state index in [4.69, 9.17) is 11.6 Å². The van der Waals surface area contributed by atoms with Crippen LogP contribution >= 0.6 is 22.9 Å². The molecule has 0 saturated carbocycles. The van der Waals surface area contributed by atoms with Crippen LogP contribution in [0.15, 0.2) is 53.0 Å². The van der Waals surface area contributed by atoms with E-state index in [-0.39, 0.29) is 10.9 Å². The predicted octanol–water partition coefficient (Wildman–Crippen LogP) is 3.20. The van der Waals surface area contributed by atoms with Gasteiger partial charge in [0.2, 0.25) is 10.0 Å². The van der Waals surface area contributed by atoms with E-state index in [0.717, 1.165) is 43.2 Å². The minimum atomic E-state index is -3.53. The van der Waals surface area contributed by atoms with Gasteiger partial charge in [0, 0.05) is 48.5 Å². The lowest BCUT2D eigenvalue weighted by Crippen LogP contribution is -2.44. The fourth-order valence-electron chi connectivity index (χ4n) is 3.23. The summed E-state index contributed by atoms with van der Waals surface area (Å²) < 4.78 is 27.9. The zero-order chi connectivity index (χ0) is 20.3. The number of sulfonamides is 1. The van der Waals surface area contributed by atoms with E-state index in [1.54, 1.807) is 30.6 Å². The van der Waals surface area contributed by atoms with Gasteiger partial charge in [0.1, 0.15) is 0 Å². The molecule has 0 unspecified atom stereocenters. The number of nitrogens with zero attached hydrogens (tertiary/aromatic N) is 4. The summed E-state index contributed by atoms with van der Waals surface area (Å²) in [5.74, 6) is 0.638. The third-order valence-electron chi connectivity index (χ3n) is 4.73. The molecule has 0 amide bonds. The van der Waals surface area contributed by atoms with Gasteiger partial charge in [-0.3, -0.25) is 4.90 Å². The summed E-state index contributed by atoms with van der Waals surface area (Å²) in [5, 5.41) is 3.36. The lowest BCUT2D eigenvalue weighted by molar-refractivity contribution is 0.198. The van der Waals surface area contributed by atoms with E-state index in [1.165, 1.54) is 23.5 Å². The minimum Gasteiger partial charge on any atom is -0.297 e. The number of hydrogen-bond donors (Lipinski definition) is 1. The smallest absolute Gasteiger partial charge is 0.240 e. The molecule has 1 aliphatic rings. The van der Waals surface area contributed by atoms with Gasteiger partial charge in [0.05, 0.1) is 10.6 Å². The van der Waals surface area contributed by atoms with Crippen LogP contribution in [0.25, 0.3) is 10.8 Å². The van der Waals surface area contributed by atoms with Gasteiger partial charge in [-0.1, -0.05) is 11.6 Å². The maximum absolute atomic E-state index is 12.5. The van der Waals surface area contributed by atoms with Crippen LogP contribution in [0, 0.1) is 0 Å². The summed E-state index contributed by atoms with van der Waals surface area (Å²) in [4.78, 5) is 15.6. The third-order valence-corrected chi connectivity index (χ3v) is 7.40. The Morgan fingerprint density at radius 2 is 1.83 bits per heavy atom. The minimum absolute atomic E-state index is 0.0735. The van der Waals surface area contributed by atoms with E-state index in [9.17, 15) is 8.42 Å². The molecular formula is C19H20ClN5O2S2. The van der Waals surface area contributed by atoms with Gasteiger partial charge in [-0.2, -0.15) is 0 Å². The average Bonchev–Trinajstić information content (AvgIpc) is 3.19. The number of rotatable bonds is 6. The Bertz CT molecular complexity index is 1050. The number of piperidine rings is 1. The monoisotopic (exact) mass is 449 g/mol. The zero-order valence-corrected chi connectivity index (χ0v) is 17.9. The fraction of sp³-hybridized carbons (Fsp3) is 0.316. The number of hydrogen-bond acceptors (Lipinski definition) is 7. The van der Waals surface area contributed by atoms with E-state index in [2.05, 4.69) is 24.6 Å². The molecule has 152 valence electrons. The third kappa shape index (κ3) is 5.18. The van der Waals surface area contributed by atoms with Crippen molar-refractivity contribution in [2.75, 3.05) is 13.1 Å². The number of benzene rings is 1. The number of aromatic nitrogens is 3. The Morgan fingerprint density at radius 1 is 1.14 bits per heavy atom. The van der Waals surface area contributed by atoms with Crippen molar-refractivity contribution in [2.24, 2.45) is 0 Å². The van der Waals surface area contributed by atoms with Crippen molar-refractivity contribution in [3.8, 4) is 10.8 Å². The molecule has 0 radical (unpaired) electrons. The zero-order valence-electron chi connectivity index (χ0n) is 15.5.